The fraction of sp³-hybridized carbons (Fsp3) is 0.312. The highest BCUT2D eigenvalue weighted by Gasteiger charge is 2.33. The first-order chi connectivity index (χ1) is 19.5. The molecule has 6 rings (SSSR count). The second-order valence-electron chi connectivity index (χ2n) is 10.4. The first kappa shape index (κ1) is 26.1. The number of aryl methyl sites for hydroxylation is 1. The molecule has 0 aliphatic carbocycles. The van der Waals surface area contributed by atoms with Crippen LogP contribution in [0.3, 0.4) is 0 Å². The molecule has 3 heterocycles. The third-order valence-electron chi connectivity index (χ3n) is 7.64. The number of aromatic nitrogens is 2. The van der Waals surface area contributed by atoms with Crippen molar-refractivity contribution in [1.82, 2.24) is 9.55 Å². The Morgan fingerprint density at radius 2 is 1.65 bits per heavy atom. The molecule has 4 aromatic rings. The minimum atomic E-state index is -0.435. The van der Waals surface area contributed by atoms with Gasteiger partial charge in [0.25, 0.3) is 0 Å². The predicted molar refractivity (Wildman–Crippen MR) is 149 cm³/mol. The second-order valence-corrected chi connectivity index (χ2v) is 10.4. The molecule has 1 unspecified atom stereocenters. The van der Waals surface area contributed by atoms with E-state index in [0.29, 0.717) is 18.9 Å². The SMILES string of the molecule is Cc1cn([C@H]2C[C@H](C)C(CO)O2)c(=O)nc1OCc1ccc(OCC2c3ccccc3Oc3ccccc32)cc1. The van der Waals surface area contributed by atoms with Gasteiger partial charge in [0.05, 0.1) is 25.2 Å². The number of aliphatic hydroxyl groups excluding tert-OH is 1. The number of aliphatic hydroxyl groups is 1. The van der Waals surface area contributed by atoms with Crippen molar-refractivity contribution < 1.29 is 24.1 Å². The fourth-order valence-corrected chi connectivity index (χ4v) is 5.37. The van der Waals surface area contributed by atoms with Crippen LogP contribution < -0.4 is 19.9 Å². The maximum atomic E-state index is 12.7. The molecule has 2 aliphatic rings. The van der Waals surface area contributed by atoms with Gasteiger partial charge in [-0.25, -0.2) is 4.79 Å². The summed E-state index contributed by atoms with van der Waals surface area (Å²) < 4.78 is 25.5. The van der Waals surface area contributed by atoms with Crippen molar-refractivity contribution in [3.05, 3.63) is 112 Å². The zero-order chi connectivity index (χ0) is 27.6. The molecule has 1 fully saturated rings. The molecule has 1 aromatic heterocycles. The first-order valence-electron chi connectivity index (χ1n) is 13.6. The largest absolute Gasteiger partial charge is 0.493 e. The minimum Gasteiger partial charge on any atom is -0.493 e. The molecule has 0 radical (unpaired) electrons. The van der Waals surface area contributed by atoms with E-state index in [0.717, 1.165) is 39.5 Å². The van der Waals surface area contributed by atoms with Gasteiger partial charge < -0.3 is 24.1 Å². The van der Waals surface area contributed by atoms with Crippen LogP contribution in [0.4, 0.5) is 0 Å². The summed E-state index contributed by atoms with van der Waals surface area (Å²) in [5.41, 5.74) is 3.45. The van der Waals surface area contributed by atoms with E-state index >= 15 is 0 Å². The van der Waals surface area contributed by atoms with Crippen LogP contribution in [0, 0.1) is 12.8 Å². The summed E-state index contributed by atoms with van der Waals surface area (Å²) in [6.07, 6.45) is 1.65. The Morgan fingerprint density at radius 1 is 0.975 bits per heavy atom. The third kappa shape index (κ3) is 5.20. The van der Waals surface area contributed by atoms with Gasteiger partial charge in [-0.1, -0.05) is 55.5 Å². The Morgan fingerprint density at radius 3 is 2.30 bits per heavy atom. The van der Waals surface area contributed by atoms with Gasteiger partial charge in [-0.05, 0) is 49.1 Å². The molecule has 3 aromatic carbocycles. The van der Waals surface area contributed by atoms with E-state index in [2.05, 4.69) is 17.1 Å². The number of rotatable bonds is 8. The summed E-state index contributed by atoms with van der Waals surface area (Å²) in [4.78, 5) is 16.8. The summed E-state index contributed by atoms with van der Waals surface area (Å²) >= 11 is 0. The molecular weight excluding hydrogens is 508 g/mol. The topological polar surface area (TPSA) is 92.0 Å². The molecule has 206 valence electrons. The highest BCUT2D eigenvalue weighted by atomic mass is 16.5. The Bertz CT molecular complexity index is 1500. The summed E-state index contributed by atoms with van der Waals surface area (Å²) in [5.74, 6) is 3.00. The maximum Gasteiger partial charge on any atom is 0.352 e. The fourth-order valence-electron chi connectivity index (χ4n) is 5.37. The molecule has 0 saturated carbocycles. The van der Waals surface area contributed by atoms with E-state index in [4.69, 9.17) is 18.9 Å². The molecule has 1 saturated heterocycles. The number of fused-ring (bicyclic) bond motifs is 2. The quantitative estimate of drug-likeness (QED) is 0.322. The van der Waals surface area contributed by atoms with Gasteiger partial charge in [0.15, 0.2) is 0 Å². The smallest absolute Gasteiger partial charge is 0.352 e. The van der Waals surface area contributed by atoms with Crippen molar-refractivity contribution in [3.63, 3.8) is 0 Å². The van der Waals surface area contributed by atoms with Gasteiger partial charge in [0, 0.05) is 22.9 Å². The number of para-hydroxylation sites is 2. The van der Waals surface area contributed by atoms with Crippen molar-refractivity contribution in [1.29, 1.82) is 0 Å². The van der Waals surface area contributed by atoms with Gasteiger partial charge in [-0.15, -0.1) is 0 Å². The lowest BCUT2D eigenvalue weighted by atomic mass is 9.88. The Balaban J connectivity index is 1.09. The minimum absolute atomic E-state index is 0.0627. The number of hydrogen-bond acceptors (Lipinski definition) is 7. The molecule has 3 atom stereocenters. The zero-order valence-electron chi connectivity index (χ0n) is 22.5. The van der Waals surface area contributed by atoms with E-state index < -0.39 is 11.9 Å². The highest BCUT2D eigenvalue weighted by Crippen LogP contribution is 2.44. The standard InChI is InChI=1S/C32H32N2O6/c1-20-15-30(40-29(20)17-35)34-16-21(2)31(33-32(34)36)38-18-22-11-13-23(14-12-22)37-19-26-24-7-3-5-9-27(24)39-28-10-6-4-8-25(26)28/h3-14,16,20,26,29-30,35H,15,17-19H2,1-2H3/t20-,29?,30+/m0/s1. The van der Waals surface area contributed by atoms with Crippen LogP contribution in [0.1, 0.15) is 47.7 Å². The molecule has 0 amide bonds. The number of benzene rings is 3. The van der Waals surface area contributed by atoms with Crippen LogP contribution in [0.2, 0.25) is 0 Å². The lowest BCUT2D eigenvalue weighted by Crippen LogP contribution is -2.28. The number of ether oxygens (including phenoxy) is 4. The lowest BCUT2D eigenvalue weighted by Gasteiger charge is -2.28. The highest BCUT2D eigenvalue weighted by molar-refractivity contribution is 5.53. The normalized spacial score (nSPS) is 19.9. The van der Waals surface area contributed by atoms with Crippen LogP contribution in [-0.4, -0.2) is 34.0 Å². The molecule has 1 N–H and O–H groups in total. The first-order valence-corrected chi connectivity index (χ1v) is 13.6. The Labute approximate surface area is 232 Å². The summed E-state index contributed by atoms with van der Waals surface area (Å²) in [6.45, 7) is 4.53. The van der Waals surface area contributed by atoms with E-state index in [1.807, 2.05) is 74.5 Å². The van der Waals surface area contributed by atoms with E-state index in [-0.39, 0.29) is 31.2 Å². The monoisotopic (exact) mass is 540 g/mol. The van der Waals surface area contributed by atoms with Gasteiger partial charge in [-0.2, -0.15) is 4.98 Å². The second kappa shape index (κ2) is 11.2. The molecule has 2 aliphatic heterocycles. The zero-order valence-corrected chi connectivity index (χ0v) is 22.5. The molecule has 0 spiro atoms. The van der Waals surface area contributed by atoms with Crippen molar-refractivity contribution in [3.8, 4) is 23.1 Å². The van der Waals surface area contributed by atoms with Crippen LogP contribution in [0.15, 0.2) is 83.8 Å². The van der Waals surface area contributed by atoms with Gasteiger partial charge in [0.2, 0.25) is 5.88 Å². The van der Waals surface area contributed by atoms with Gasteiger partial charge in [-0.3, -0.25) is 4.57 Å². The lowest BCUT2D eigenvalue weighted by molar-refractivity contribution is -0.0314. The molecule has 0 bridgehead atoms. The molecule has 40 heavy (non-hydrogen) atoms. The average Bonchev–Trinajstić information content (AvgIpc) is 3.36. The summed E-state index contributed by atoms with van der Waals surface area (Å²) in [5, 5.41) is 9.46. The van der Waals surface area contributed by atoms with E-state index in [1.165, 1.54) is 4.57 Å². The van der Waals surface area contributed by atoms with Crippen molar-refractivity contribution in [2.24, 2.45) is 5.92 Å². The summed E-state index contributed by atoms with van der Waals surface area (Å²) in [6, 6.07) is 23.9. The van der Waals surface area contributed by atoms with E-state index in [9.17, 15) is 9.90 Å². The van der Waals surface area contributed by atoms with Crippen LogP contribution in [-0.2, 0) is 11.3 Å². The Kier molecular flexibility index (Phi) is 7.28. The molecule has 8 nitrogen and oxygen atoms in total. The Hall–Kier alpha value is -4.14. The number of hydrogen-bond donors (Lipinski definition) is 1. The van der Waals surface area contributed by atoms with Crippen molar-refractivity contribution in [2.75, 3.05) is 13.2 Å². The summed E-state index contributed by atoms with van der Waals surface area (Å²) in [7, 11) is 0. The number of nitrogens with zero attached hydrogens (tertiary/aromatic N) is 2. The maximum absolute atomic E-state index is 12.7. The predicted octanol–water partition coefficient (Wildman–Crippen LogP) is 5.36. The van der Waals surface area contributed by atoms with Crippen LogP contribution in [0.5, 0.6) is 23.1 Å². The van der Waals surface area contributed by atoms with Crippen LogP contribution in [0.25, 0.3) is 0 Å². The third-order valence-corrected chi connectivity index (χ3v) is 7.64. The van der Waals surface area contributed by atoms with Gasteiger partial charge >= 0.3 is 5.69 Å². The average molecular weight is 541 g/mol. The van der Waals surface area contributed by atoms with Gasteiger partial charge in [0.1, 0.15) is 30.1 Å². The molecule has 8 heteroatoms. The van der Waals surface area contributed by atoms with Crippen molar-refractivity contribution in [2.45, 2.75) is 45.1 Å². The molecular formula is C32H32N2O6. The van der Waals surface area contributed by atoms with Crippen molar-refractivity contribution >= 4 is 0 Å². The van der Waals surface area contributed by atoms with E-state index in [1.54, 1.807) is 6.20 Å². The van der Waals surface area contributed by atoms with Crippen LogP contribution >= 0.6 is 0 Å².